The third-order valence-corrected chi connectivity index (χ3v) is 3.39. The summed E-state index contributed by atoms with van der Waals surface area (Å²) < 4.78 is 0. The van der Waals surface area contributed by atoms with Crippen LogP contribution in [0, 0.1) is 16.0 Å². The van der Waals surface area contributed by atoms with Gasteiger partial charge in [-0.2, -0.15) is 0 Å². The van der Waals surface area contributed by atoms with Crippen LogP contribution in [0.25, 0.3) is 0 Å². The molecule has 1 rings (SSSR count). The topological polar surface area (TPSA) is 83.7 Å². The monoisotopic (exact) mass is 300 g/mol. The lowest BCUT2D eigenvalue weighted by molar-refractivity contribution is -0.384. The van der Waals surface area contributed by atoms with Crippen molar-refractivity contribution in [3.05, 3.63) is 38.9 Å². The highest BCUT2D eigenvalue weighted by Crippen LogP contribution is 2.23. The molecule has 0 aliphatic rings. The molecular formula is C13H17ClN2O4. The molecule has 6 nitrogen and oxygen atoms in total. The molecule has 0 spiro atoms. The normalized spacial score (nSPS) is 12.4. The molecule has 0 saturated carbocycles. The Morgan fingerprint density at radius 1 is 1.55 bits per heavy atom. The maximum atomic E-state index is 10.9. The number of hydrogen-bond donors (Lipinski definition) is 1. The van der Waals surface area contributed by atoms with Crippen LogP contribution in [0.4, 0.5) is 5.69 Å². The molecule has 110 valence electrons. The zero-order valence-electron chi connectivity index (χ0n) is 11.4. The first-order chi connectivity index (χ1) is 9.35. The number of hydrogen-bond acceptors (Lipinski definition) is 4. The lowest BCUT2D eigenvalue weighted by Crippen LogP contribution is -2.31. The van der Waals surface area contributed by atoms with Gasteiger partial charge in [0.1, 0.15) is 0 Å². The van der Waals surface area contributed by atoms with Crippen LogP contribution < -0.4 is 0 Å². The summed E-state index contributed by atoms with van der Waals surface area (Å²) in [6.45, 7) is 5.10. The summed E-state index contributed by atoms with van der Waals surface area (Å²) in [6.07, 6.45) is 0. The van der Waals surface area contributed by atoms with Gasteiger partial charge in [0, 0.05) is 25.2 Å². The Kier molecular flexibility index (Phi) is 5.91. The summed E-state index contributed by atoms with van der Waals surface area (Å²) in [4.78, 5) is 22.9. The number of nitro benzene ring substituents is 1. The van der Waals surface area contributed by atoms with Crippen LogP contribution in [-0.2, 0) is 11.3 Å². The fourth-order valence-corrected chi connectivity index (χ4v) is 2.02. The first kappa shape index (κ1) is 16.4. The second-order valence-electron chi connectivity index (χ2n) is 4.60. The predicted molar refractivity (Wildman–Crippen MR) is 75.9 cm³/mol. The van der Waals surface area contributed by atoms with Crippen LogP contribution in [0.3, 0.4) is 0 Å². The van der Waals surface area contributed by atoms with Crippen molar-refractivity contribution in [3.8, 4) is 0 Å². The van der Waals surface area contributed by atoms with Crippen molar-refractivity contribution < 1.29 is 14.8 Å². The van der Waals surface area contributed by atoms with Gasteiger partial charge in [0.25, 0.3) is 5.69 Å². The number of carbonyl (C=O) groups is 1. The third kappa shape index (κ3) is 4.47. The molecule has 0 aromatic heterocycles. The van der Waals surface area contributed by atoms with Crippen LogP contribution in [0.1, 0.15) is 19.4 Å². The van der Waals surface area contributed by atoms with Gasteiger partial charge < -0.3 is 5.11 Å². The Morgan fingerprint density at radius 3 is 2.65 bits per heavy atom. The minimum atomic E-state index is -0.849. The van der Waals surface area contributed by atoms with Gasteiger partial charge >= 0.3 is 5.97 Å². The quantitative estimate of drug-likeness (QED) is 0.618. The van der Waals surface area contributed by atoms with E-state index in [-0.39, 0.29) is 5.69 Å². The SMILES string of the molecule is CCN(Cc1ccc([N+](=O)[O-])cc1Cl)CC(C)C(=O)O. The third-order valence-electron chi connectivity index (χ3n) is 3.04. The molecule has 1 N–H and O–H groups in total. The standard InChI is InChI=1S/C13H17ClN2O4/c1-3-15(7-9(2)13(17)18)8-10-4-5-11(16(19)20)6-12(10)14/h4-6,9H,3,7-8H2,1-2H3,(H,17,18). The van der Waals surface area contributed by atoms with E-state index in [0.717, 1.165) is 5.56 Å². The van der Waals surface area contributed by atoms with Crippen molar-refractivity contribution in [3.63, 3.8) is 0 Å². The van der Waals surface area contributed by atoms with Crippen molar-refractivity contribution in [1.82, 2.24) is 4.90 Å². The maximum Gasteiger partial charge on any atom is 0.307 e. The van der Waals surface area contributed by atoms with Crippen LogP contribution in [-0.4, -0.2) is 34.0 Å². The number of non-ortho nitro benzene ring substituents is 1. The van der Waals surface area contributed by atoms with E-state index in [4.69, 9.17) is 16.7 Å². The highest BCUT2D eigenvalue weighted by molar-refractivity contribution is 6.31. The van der Waals surface area contributed by atoms with E-state index in [1.54, 1.807) is 13.0 Å². The van der Waals surface area contributed by atoms with E-state index in [9.17, 15) is 14.9 Å². The van der Waals surface area contributed by atoms with Gasteiger partial charge in [-0.05, 0) is 18.2 Å². The van der Waals surface area contributed by atoms with Crippen LogP contribution in [0.2, 0.25) is 5.02 Å². The molecule has 7 heteroatoms. The zero-order valence-corrected chi connectivity index (χ0v) is 12.1. The van der Waals surface area contributed by atoms with Gasteiger partial charge in [0.05, 0.1) is 15.9 Å². The van der Waals surface area contributed by atoms with E-state index < -0.39 is 16.8 Å². The molecule has 20 heavy (non-hydrogen) atoms. The van der Waals surface area contributed by atoms with Gasteiger partial charge in [0.2, 0.25) is 0 Å². The lowest BCUT2D eigenvalue weighted by atomic mass is 10.1. The Bertz CT molecular complexity index is 507. The molecule has 0 heterocycles. The van der Waals surface area contributed by atoms with Gasteiger partial charge in [0.15, 0.2) is 0 Å². The van der Waals surface area contributed by atoms with Crippen LogP contribution in [0.5, 0.6) is 0 Å². The van der Waals surface area contributed by atoms with Crippen LogP contribution >= 0.6 is 11.6 Å². The summed E-state index contributed by atoms with van der Waals surface area (Å²) in [5.41, 5.74) is 0.692. The lowest BCUT2D eigenvalue weighted by Gasteiger charge is -2.22. The van der Waals surface area contributed by atoms with Crippen molar-refractivity contribution in [2.75, 3.05) is 13.1 Å². The molecule has 0 radical (unpaired) electrons. The average molecular weight is 301 g/mol. The maximum absolute atomic E-state index is 10.9. The number of benzene rings is 1. The van der Waals surface area contributed by atoms with Gasteiger partial charge in [-0.25, -0.2) is 0 Å². The molecule has 0 amide bonds. The number of carboxylic acid groups (broad SMARTS) is 1. The fourth-order valence-electron chi connectivity index (χ4n) is 1.79. The molecule has 1 aromatic rings. The number of rotatable bonds is 7. The molecule has 1 atom stereocenters. The largest absolute Gasteiger partial charge is 0.481 e. The van der Waals surface area contributed by atoms with Gasteiger partial charge in [-0.15, -0.1) is 0 Å². The van der Waals surface area contributed by atoms with Crippen molar-refractivity contribution in [2.24, 2.45) is 5.92 Å². The summed E-state index contributed by atoms with van der Waals surface area (Å²) >= 11 is 6.03. The Hall–Kier alpha value is -1.66. The Morgan fingerprint density at radius 2 is 2.20 bits per heavy atom. The summed E-state index contributed by atoms with van der Waals surface area (Å²) in [5, 5.41) is 19.9. The predicted octanol–water partition coefficient (Wildman–Crippen LogP) is 2.79. The molecule has 1 unspecified atom stereocenters. The number of nitrogens with zero attached hydrogens (tertiary/aromatic N) is 2. The summed E-state index contributed by atoms with van der Waals surface area (Å²) in [6, 6.07) is 4.32. The first-order valence-electron chi connectivity index (χ1n) is 6.23. The summed E-state index contributed by atoms with van der Waals surface area (Å²) in [5.74, 6) is -1.33. The van der Waals surface area contributed by atoms with E-state index >= 15 is 0 Å². The zero-order chi connectivity index (χ0) is 15.3. The average Bonchev–Trinajstić information content (AvgIpc) is 2.39. The Balaban J connectivity index is 2.80. The molecule has 1 aromatic carbocycles. The second kappa shape index (κ2) is 7.21. The molecule has 0 aliphatic carbocycles. The fraction of sp³-hybridized carbons (Fsp3) is 0.462. The minimum Gasteiger partial charge on any atom is -0.481 e. The molecular weight excluding hydrogens is 284 g/mol. The number of aliphatic carboxylic acids is 1. The van der Waals surface area contributed by atoms with E-state index in [2.05, 4.69) is 0 Å². The van der Waals surface area contributed by atoms with Crippen LogP contribution in [0.15, 0.2) is 18.2 Å². The van der Waals surface area contributed by atoms with E-state index in [1.807, 2.05) is 11.8 Å². The van der Waals surface area contributed by atoms with Crippen molar-refractivity contribution in [1.29, 1.82) is 0 Å². The minimum absolute atomic E-state index is 0.0549. The van der Waals surface area contributed by atoms with Gasteiger partial charge in [-0.3, -0.25) is 19.8 Å². The van der Waals surface area contributed by atoms with Crippen molar-refractivity contribution in [2.45, 2.75) is 20.4 Å². The van der Waals surface area contributed by atoms with Gasteiger partial charge in [-0.1, -0.05) is 25.4 Å². The summed E-state index contributed by atoms with van der Waals surface area (Å²) in [7, 11) is 0. The molecule has 0 fully saturated rings. The van der Waals surface area contributed by atoms with E-state index in [1.165, 1.54) is 12.1 Å². The number of nitro groups is 1. The van der Waals surface area contributed by atoms with E-state index in [0.29, 0.717) is 24.7 Å². The number of carboxylic acids is 1. The number of halogens is 1. The molecule has 0 saturated heterocycles. The molecule has 0 aliphatic heterocycles. The Labute approximate surface area is 122 Å². The molecule has 0 bridgehead atoms. The highest BCUT2D eigenvalue weighted by atomic mass is 35.5. The first-order valence-corrected chi connectivity index (χ1v) is 6.61. The highest BCUT2D eigenvalue weighted by Gasteiger charge is 2.17. The van der Waals surface area contributed by atoms with Crippen molar-refractivity contribution >= 4 is 23.3 Å². The smallest absolute Gasteiger partial charge is 0.307 e. The second-order valence-corrected chi connectivity index (χ2v) is 5.01.